The Morgan fingerprint density at radius 1 is 1.19 bits per heavy atom. The largest absolute Gasteiger partial charge is 0.495 e. The van der Waals surface area contributed by atoms with Crippen molar-refractivity contribution in [2.24, 2.45) is 0 Å². The highest BCUT2D eigenvalue weighted by molar-refractivity contribution is 7.89. The molecule has 1 heterocycles. The number of hydrogen-bond donors (Lipinski definition) is 0. The van der Waals surface area contributed by atoms with E-state index in [9.17, 15) is 8.42 Å². The Bertz CT molecular complexity index is 1070. The summed E-state index contributed by atoms with van der Waals surface area (Å²) in [5.41, 5.74) is 0.671. The highest BCUT2D eigenvalue weighted by Crippen LogP contribution is 2.28. The number of aromatic nitrogens is 2. The molecular weight excluding hydrogens is 413 g/mol. The lowest BCUT2D eigenvalue weighted by Gasteiger charge is -2.15. The molecule has 0 radical (unpaired) electrons. The Labute approximate surface area is 166 Å². The van der Waals surface area contributed by atoms with Crippen LogP contribution in [0.1, 0.15) is 5.89 Å². The number of halogens is 2. The Morgan fingerprint density at radius 3 is 2.63 bits per heavy atom. The molecule has 0 spiro atoms. The van der Waals surface area contributed by atoms with Gasteiger partial charge in [0.1, 0.15) is 5.75 Å². The minimum atomic E-state index is -3.80. The number of methoxy groups -OCH3 is 1. The summed E-state index contributed by atoms with van der Waals surface area (Å²) in [6, 6.07) is 11.2. The molecule has 0 aliphatic carbocycles. The minimum absolute atomic E-state index is 0.0328. The van der Waals surface area contributed by atoms with Gasteiger partial charge in [0, 0.05) is 17.6 Å². The predicted molar refractivity (Wildman–Crippen MR) is 101 cm³/mol. The zero-order chi connectivity index (χ0) is 19.6. The summed E-state index contributed by atoms with van der Waals surface area (Å²) in [4.78, 5) is 4.26. The standard InChI is InChI=1S/C17H15Cl2N3O4S/c1-22(27(23,24)13-6-7-15(25-2)14(19)9-13)10-16-20-17(21-26-16)11-4-3-5-12(18)8-11/h3-9H,10H2,1-2H3. The zero-order valence-electron chi connectivity index (χ0n) is 14.4. The van der Waals surface area contributed by atoms with Gasteiger partial charge in [-0.25, -0.2) is 8.42 Å². The van der Waals surface area contributed by atoms with Crippen LogP contribution in [0.15, 0.2) is 51.9 Å². The summed E-state index contributed by atoms with van der Waals surface area (Å²) < 4.78 is 36.8. The van der Waals surface area contributed by atoms with E-state index in [1.54, 1.807) is 24.3 Å². The van der Waals surface area contributed by atoms with Crippen molar-refractivity contribution in [3.63, 3.8) is 0 Å². The first-order chi connectivity index (χ1) is 12.8. The molecule has 142 valence electrons. The number of benzene rings is 2. The quantitative estimate of drug-likeness (QED) is 0.593. The molecule has 1 aromatic heterocycles. The lowest BCUT2D eigenvalue weighted by Crippen LogP contribution is -2.26. The van der Waals surface area contributed by atoms with Gasteiger partial charge in [0.25, 0.3) is 0 Å². The molecule has 7 nitrogen and oxygen atoms in total. The highest BCUT2D eigenvalue weighted by atomic mass is 35.5. The maximum absolute atomic E-state index is 12.7. The fraction of sp³-hybridized carbons (Fsp3) is 0.176. The van der Waals surface area contributed by atoms with Crippen molar-refractivity contribution >= 4 is 33.2 Å². The van der Waals surface area contributed by atoms with Crippen molar-refractivity contribution in [1.29, 1.82) is 0 Å². The topological polar surface area (TPSA) is 85.5 Å². The van der Waals surface area contributed by atoms with Crippen molar-refractivity contribution in [3.05, 3.63) is 58.4 Å². The lowest BCUT2D eigenvalue weighted by atomic mass is 10.2. The molecule has 0 saturated carbocycles. The van der Waals surface area contributed by atoms with E-state index in [1.165, 1.54) is 32.4 Å². The second kappa shape index (κ2) is 7.85. The van der Waals surface area contributed by atoms with E-state index < -0.39 is 10.0 Å². The summed E-state index contributed by atoms with van der Waals surface area (Å²) >= 11 is 12.0. The van der Waals surface area contributed by atoms with E-state index >= 15 is 0 Å². The maximum atomic E-state index is 12.7. The SMILES string of the molecule is COc1ccc(S(=O)(=O)N(C)Cc2nc(-c3cccc(Cl)c3)no2)cc1Cl. The normalized spacial score (nSPS) is 11.7. The van der Waals surface area contributed by atoms with Crippen molar-refractivity contribution < 1.29 is 17.7 Å². The van der Waals surface area contributed by atoms with Crippen molar-refractivity contribution in [2.75, 3.05) is 14.2 Å². The summed E-state index contributed by atoms with van der Waals surface area (Å²) in [6.45, 7) is -0.0977. The number of rotatable bonds is 6. The van der Waals surface area contributed by atoms with Crippen LogP contribution in [0.25, 0.3) is 11.4 Å². The molecule has 0 aliphatic heterocycles. The van der Waals surface area contributed by atoms with Crippen LogP contribution in [0, 0.1) is 0 Å². The average Bonchev–Trinajstić information content (AvgIpc) is 3.10. The summed E-state index contributed by atoms with van der Waals surface area (Å²) in [6.07, 6.45) is 0. The van der Waals surface area contributed by atoms with Crippen LogP contribution in [-0.2, 0) is 16.6 Å². The van der Waals surface area contributed by atoms with Gasteiger partial charge in [0.2, 0.25) is 21.7 Å². The number of ether oxygens (including phenoxy) is 1. The first-order valence-corrected chi connectivity index (χ1v) is 9.89. The fourth-order valence-corrected chi connectivity index (χ4v) is 3.99. The molecule has 0 saturated heterocycles. The van der Waals surface area contributed by atoms with Gasteiger partial charge in [0.15, 0.2) is 0 Å². The first kappa shape index (κ1) is 19.6. The van der Waals surface area contributed by atoms with E-state index in [4.69, 9.17) is 32.5 Å². The summed E-state index contributed by atoms with van der Waals surface area (Å²) in [5.74, 6) is 0.864. The highest BCUT2D eigenvalue weighted by Gasteiger charge is 2.24. The van der Waals surface area contributed by atoms with Crippen LogP contribution < -0.4 is 4.74 Å². The lowest BCUT2D eigenvalue weighted by molar-refractivity contribution is 0.336. The summed E-state index contributed by atoms with van der Waals surface area (Å²) in [5, 5.41) is 4.61. The van der Waals surface area contributed by atoms with Crippen molar-refractivity contribution in [3.8, 4) is 17.1 Å². The molecule has 10 heteroatoms. The number of hydrogen-bond acceptors (Lipinski definition) is 6. The second-order valence-electron chi connectivity index (χ2n) is 5.58. The Morgan fingerprint density at radius 2 is 1.96 bits per heavy atom. The Balaban J connectivity index is 1.80. The molecule has 0 N–H and O–H groups in total. The third kappa shape index (κ3) is 4.24. The van der Waals surface area contributed by atoms with Crippen molar-refractivity contribution in [2.45, 2.75) is 11.4 Å². The van der Waals surface area contributed by atoms with Crippen LogP contribution in [-0.4, -0.2) is 37.0 Å². The molecule has 27 heavy (non-hydrogen) atoms. The molecule has 0 unspecified atom stereocenters. The van der Waals surface area contributed by atoms with Gasteiger partial charge in [-0.2, -0.15) is 9.29 Å². The summed E-state index contributed by atoms with van der Waals surface area (Å²) in [7, 11) is -0.936. The third-order valence-electron chi connectivity index (χ3n) is 3.74. The molecule has 0 aliphatic rings. The Kier molecular flexibility index (Phi) is 5.71. The van der Waals surface area contributed by atoms with Crippen molar-refractivity contribution in [1.82, 2.24) is 14.4 Å². The van der Waals surface area contributed by atoms with Gasteiger partial charge in [0.05, 0.1) is 23.6 Å². The van der Waals surface area contributed by atoms with Crippen LogP contribution in [0.4, 0.5) is 0 Å². The van der Waals surface area contributed by atoms with E-state index in [-0.39, 0.29) is 22.4 Å². The number of sulfonamides is 1. The molecule has 3 aromatic rings. The van der Waals surface area contributed by atoms with Gasteiger partial charge >= 0.3 is 0 Å². The molecular formula is C17H15Cl2N3O4S. The molecule has 0 bridgehead atoms. The molecule has 0 atom stereocenters. The monoisotopic (exact) mass is 427 g/mol. The van der Waals surface area contributed by atoms with Gasteiger partial charge in [-0.3, -0.25) is 0 Å². The Hall–Kier alpha value is -2.13. The van der Waals surface area contributed by atoms with E-state index in [0.29, 0.717) is 22.2 Å². The van der Waals surface area contributed by atoms with Crippen LogP contribution in [0.2, 0.25) is 10.0 Å². The third-order valence-corrected chi connectivity index (χ3v) is 6.07. The van der Waals surface area contributed by atoms with Crippen LogP contribution in [0.5, 0.6) is 5.75 Å². The van der Waals surface area contributed by atoms with E-state index in [2.05, 4.69) is 10.1 Å². The molecule has 2 aromatic carbocycles. The fourth-order valence-electron chi connectivity index (χ4n) is 2.33. The van der Waals surface area contributed by atoms with Gasteiger partial charge in [-0.15, -0.1) is 0 Å². The molecule has 3 rings (SSSR count). The van der Waals surface area contributed by atoms with Gasteiger partial charge < -0.3 is 9.26 Å². The average molecular weight is 428 g/mol. The molecule has 0 amide bonds. The second-order valence-corrected chi connectivity index (χ2v) is 8.47. The maximum Gasteiger partial charge on any atom is 0.243 e. The van der Waals surface area contributed by atoms with Crippen LogP contribution >= 0.6 is 23.2 Å². The van der Waals surface area contributed by atoms with E-state index in [1.807, 2.05) is 0 Å². The van der Waals surface area contributed by atoms with E-state index in [0.717, 1.165) is 4.31 Å². The smallest absolute Gasteiger partial charge is 0.243 e. The number of nitrogens with zero attached hydrogens (tertiary/aromatic N) is 3. The predicted octanol–water partition coefficient (Wildman–Crippen LogP) is 3.87. The van der Waals surface area contributed by atoms with Gasteiger partial charge in [-0.1, -0.05) is 40.5 Å². The minimum Gasteiger partial charge on any atom is -0.495 e. The van der Waals surface area contributed by atoms with Crippen LogP contribution in [0.3, 0.4) is 0 Å². The molecule has 0 fully saturated rings. The first-order valence-electron chi connectivity index (χ1n) is 7.69. The van der Waals surface area contributed by atoms with Gasteiger partial charge in [-0.05, 0) is 30.3 Å². The zero-order valence-corrected chi connectivity index (χ0v) is 16.7.